The zero-order valence-electron chi connectivity index (χ0n) is 11.5. The number of carbonyl (C=O) groups excluding carboxylic acids is 1. The van der Waals surface area contributed by atoms with Gasteiger partial charge in [-0.1, -0.05) is 0 Å². The van der Waals surface area contributed by atoms with Gasteiger partial charge in [-0.15, -0.1) is 0 Å². The lowest BCUT2D eigenvalue weighted by molar-refractivity contribution is -0.137. The Kier molecular flexibility index (Phi) is 5.31. The van der Waals surface area contributed by atoms with Crippen molar-refractivity contribution in [1.82, 2.24) is 4.90 Å². The van der Waals surface area contributed by atoms with Crippen molar-refractivity contribution in [3.8, 4) is 5.75 Å². The third kappa shape index (κ3) is 4.11. The molecule has 1 aromatic carbocycles. The molecule has 0 aliphatic heterocycles. The maximum atomic E-state index is 13.6. The summed E-state index contributed by atoms with van der Waals surface area (Å²) in [5.41, 5.74) is -0.0645. The normalized spacial score (nSPS) is 10.2. The molecule has 0 unspecified atom stereocenters. The Labute approximate surface area is 116 Å². The Morgan fingerprint density at radius 2 is 2.10 bits per heavy atom. The molecule has 0 bridgehead atoms. The van der Waals surface area contributed by atoms with Crippen LogP contribution in [-0.4, -0.2) is 41.7 Å². The monoisotopic (exact) mass is 284 g/mol. The quantitative estimate of drug-likeness (QED) is 0.868. The van der Waals surface area contributed by atoms with Gasteiger partial charge in [0.05, 0.1) is 12.8 Å². The number of rotatable bonds is 5. The van der Waals surface area contributed by atoms with E-state index in [0.717, 1.165) is 11.0 Å². The first kappa shape index (κ1) is 15.7. The van der Waals surface area contributed by atoms with Crippen LogP contribution in [0.4, 0.5) is 14.9 Å². The van der Waals surface area contributed by atoms with Gasteiger partial charge in [-0.25, -0.2) is 9.18 Å². The van der Waals surface area contributed by atoms with Crippen LogP contribution < -0.4 is 10.1 Å². The molecule has 2 amide bonds. The molecule has 0 spiro atoms. The fourth-order valence-electron chi connectivity index (χ4n) is 1.55. The van der Waals surface area contributed by atoms with Gasteiger partial charge in [-0.2, -0.15) is 0 Å². The lowest BCUT2D eigenvalue weighted by atomic mass is 10.3. The molecule has 1 rings (SSSR count). The minimum atomic E-state index is -1.14. The molecule has 0 aromatic heterocycles. The number of nitrogens with zero attached hydrogens (tertiary/aromatic N) is 1. The number of halogens is 1. The van der Waals surface area contributed by atoms with Crippen LogP contribution in [0.2, 0.25) is 0 Å². The number of methoxy groups -OCH3 is 1. The molecule has 6 nitrogen and oxygen atoms in total. The molecule has 0 radical (unpaired) electrons. The summed E-state index contributed by atoms with van der Waals surface area (Å²) >= 11 is 0. The van der Waals surface area contributed by atoms with Crippen molar-refractivity contribution in [2.75, 3.05) is 19.0 Å². The van der Waals surface area contributed by atoms with Gasteiger partial charge in [0.2, 0.25) is 0 Å². The van der Waals surface area contributed by atoms with Crippen LogP contribution >= 0.6 is 0 Å². The summed E-state index contributed by atoms with van der Waals surface area (Å²) in [5, 5.41) is 11.1. The molecule has 0 fully saturated rings. The summed E-state index contributed by atoms with van der Waals surface area (Å²) in [6.07, 6.45) is 0. The summed E-state index contributed by atoms with van der Waals surface area (Å²) < 4.78 is 18.5. The number of benzene rings is 1. The number of urea groups is 1. The van der Waals surface area contributed by atoms with E-state index in [9.17, 15) is 14.0 Å². The molecule has 0 aliphatic rings. The highest BCUT2D eigenvalue weighted by molar-refractivity contribution is 5.91. The van der Waals surface area contributed by atoms with Crippen LogP contribution in [0.15, 0.2) is 18.2 Å². The molecular formula is C13H17FN2O4. The van der Waals surface area contributed by atoms with Crippen LogP contribution in [0, 0.1) is 5.82 Å². The van der Waals surface area contributed by atoms with Crippen molar-refractivity contribution in [3.63, 3.8) is 0 Å². The third-order valence-corrected chi connectivity index (χ3v) is 2.60. The average molecular weight is 284 g/mol. The number of hydrogen-bond acceptors (Lipinski definition) is 3. The number of nitrogens with one attached hydrogen (secondary N) is 1. The molecular weight excluding hydrogens is 267 g/mol. The van der Waals surface area contributed by atoms with Crippen LogP contribution in [0.3, 0.4) is 0 Å². The van der Waals surface area contributed by atoms with E-state index >= 15 is 0 Å². The topological polar surface area (TPSA) is 78.9 Å². The maximum absolute atomic E-state index is 13.6. The van der Waals surface area contributed by atoms with Gasteiger partial charge in [-0.3, -0.25) is 4.79 Å². The van der Waals surface area contributed by atoms with Gasteiger partial charge in [0.25, 0.3) is 0 Å². The molecule has 110 valence electrons. The number of carbonyl (C=O) groups is 2. The molecule has 0 saturated carbocycles. The smallest absolute Gasteiger partial charge is 0.323 e. The van der Waals surface area contributed by atoms with Crippen LogP contribution in [-0.2, 0) is 4.79 Å². The molecule has 0 aliphatic carbocycles. The Morgan fingerprint density at radius 1 is 1.45 bits per heavy atom. The summed E-state index contributed by atoms with van der Waals surface area (Å²) in [6, 6.07) is 2.88. The molecule has 20 heavy (non-hydrogen) atoms. The summed E-state index contributed by atoms with van der Waals surface area (Å²) in [4.78, 5) is 23.8. The van der Waals surface area contributed by atoms with E-state index in [4.69, 9.17) is 9.84 Å². The predicted molar refractivity (Wildman–Crippen MR) is 71.4 cm³/mol. The van der Waals surface area contributed by atoms with Crippen LogP contribution in [0.5, 0.6) is 5.75 Å². The number of carboxylic acid groups (broad SMARTS) is 1. The predicted octanol–water partition coefficient (Wildman–Crippen LogP) is 2.16. The summed E-state index contributed by atoms with van der Waals surface area (Å²) in [7, 11) is 1.42. The van der Waals surface area contributed by atoms with Gasteiger partial charge < -0.3 is 20.1 Å². The number of ether oxygens (including phenoxy) is 1. The number of amides is 2. The van der Waals surface area contributed by atoms with E-state index in [2.05, 4.69) is 5.32 Å². The highest BCUT2D eigenvalue weighted by Gasteiger charge is 2.21. The van der Waals surface area contributed by atoms with E-state index in [-0.39, 0.29) is 11.7 Å². The fraction of sp³-hybridized carbons (Fsp3) is 0.385. The molecule has 1 aromatic rings. The van der Waals surface area contributed by atoms with Crippen LogP contribution in [0.25, 0.3) is 0 Å². The van der Waals surface area contributed by atoms with Crippen LogP contribution in [0.1, 0.15) is 13.8 Å². The van der Waals surface area contributed by atoms with Crippen molar-refractivity contribution in [1.29, 1.82) is 0 Å². The second-order valence-electron chi connectivity index (χ2n) is 4.39. The first-order valence-electron chi connectivity index (χ1n) is 5.98. The molecule has 7 heteroatoms. The largest absolute Gasteiger partial charge is 0.497 e. The number of carboxylic acids is 1. The van der Waals surface area contributed by atoms with Gasteiger partial charge in [-0.05, 0) is 26.0 Å². The fourth-order valence-corrected chi connectivity index (χ4v) is 1.55. The highest BCUT2D eigenvalue weighted by atomic mass is 19.1. The van der Waals surface area contributed by atoms with Crippen molar-refractivity contribution in [3.05, 3.63) is 24.0 Å². The number of anilines is 1. The zero-order valence-corrected chi connectivity index (χ0v) is 11.5. The first-order valence-corrected chi connectivity index (χ1v) is 5.98. The maximum Gasteiger partial charge on any atom is 0.323 e. The minimum Gasteiger partial charge on any atom is -0.497 e. The minimum absolute atomic E-state index is 0.0645. The highest BCUT2D eigenvalue weighted by Crippen LogP contribution is 2.21. The van der Waals surface area contributed by atoms with E-state index in [1.807, 2.05) is 0 Å². The van der Waals surface area contributed by atoms with E-state index < -0.39 is 24.4 Å². The number of hydrogen-bond donors (Lipinski definition) is 2. The molecule has 0 saturated heterocycles. The van der Waals surface area contributed by atoms with Crippen molar-refractivity contribution >= 4 is 17.7 Å². The Morgan fingerprint density at radius 3 is 2.60 bits per heavy atom. The standard InChI is InChI=1S/C13H17FN2O4/c1-8(2)16(7-12(17)18)13(19)15-11-6-9(20-3)4-5-10(11)14/h4-6,8H,7H2,1-3H3,(H,15,19)(H,17,18). The van der Waals surface area contributed by atoms with E-state index in [0.29, 0.717) is 5.75 Å². The average Bonchev–Trinajstić information content (AvgIpc) is 2.37. The van der Waals surface area contributed by atoms with Gasteiger partial charge in [0.1, 0.15) is 18.1 Å². The lowest BCUT2D eigenvalue weighted by Gasteiger charge is -2.25. The summed E-state index contributed by atoms with van der Waals surface area (Å²) in [5.74, 6) is -1.38. The van der Waals surface area contributed by atoms with Gasteiger partial charge in [0, 0.05) is 12.1 Å². The zero-order chi connectivity index (χ0) is 15.3. The Balaban J connectivity index is 2.90. The molecule has 0 atom stereocenters. The van der Waals surface area contributed by atoms with Crippen molar-refractivity contribution in [2.24, 2.45) is 0 Å². The Bertz CT molecular complexity index is 505. The van der Waals surface area contributed by atoms with Crippen molar-refractivity contribution < 1.29 is 23.8 Å². The molecule has 0 heterocycles. The molecule has 2 N–H and O–H groups in total. The van der Waals surface area contributed by atoms with E-state index in [1.54, 1.807) is 13.8 Å². The summed E-state index contributed by atoms with van der Waals surface area (Å²) in [6.45, 7) is 2.88. The second-order valence-corrected chi connectivity index (χ2v) is 4.39. The van der Waals surface area contributed by atoms with Crippen molar-refractivity contribution in [2.45, 2.75) is 19.9 Å². The second kappa shape index (κ2) is 6.74. The van der Waals surface area contributed by atoms with E-state index in [1.165, 1.54) is 19.2 Å². The lowest BCUT2D eigenvalue weighted by Crippen LogP contribution is -2.43. The van der Waals surface area contributed by atoms with Gasteiger partial charge in [0.15, 0.2) is 0 Å². The first-order chi connectivity index (χ1) is 9.35. The third-order valence-electron chi connectivity index (χ3n) is 2.60. The Hall–Kier alpha value is -2.31. The van der Waals surface area contributed by atoms with Gasteiger partial charge >= 0.3 is 12.0 Å². The number of aliphatic carboxylic acids is 1. The SMILES string of the molecule is COc1ccc(F)c(NC(=O)N(CC(=O)O)C(C)C)c1.